The normalized spacial score (nSPS) is 14.5. The van der Waals surface area contributed by atoms with Crippen molar-refractivity contribution in [2.75, 3.05) is 18.4 Å². The maximum absolute atomic E-state index is 12.7. The molecule has 0 aliphatic carbocycles. The number of anilines is 1. The molecule has 2 aromatic carbocycles. The van der Waals surface area contributed by atoms with Crippen LogP contribution in [0.1, 0.15) is 12.8 Å². The molecule has 30 heavy (non-hydrogen) atoms. The fraction of sp³-hybridized carbons (Fsp3) is 0.217. The quantitative estimate of drug-likeness (QED) is 0.621. The van der Waals surface area contributed by atoms with Gasteiger partial charge in [-0.3, -0.25) is 4.79 Å². The molecule has 0 unspecified atom stereocenters. The van der Waals surface area contributed by atoms with Crippen LogP contribution in [-0.4, -0.2) is 31.7 Å². The van der Waals surface area contributed by atoms with Crippen LogP contribution in [0.25, 0.3) is 11.1 Å². The van der Waals surface area contributed by atoms with Gasteiger partial charge in [0.1, 0.15) is 0 Å². The van der Waals surface area contributed by atoms with E-state index in [0.717, 1.165) is 24.0 Å². The zero-order valence-corrected chi connectivity index (χ0v) is 17.4. The number of aromatic nitrogens is 1. The topological polar surface area (TPSA) is 70.4 Å². The monoisotopic (exact) mass is 422 g/mol. The summed E-state index contributed by atoms with van der Waals surface area (Å²) in [6.45, 7) is 1.23. The van der Waals surface area contributed by atoms with E-state index < -0.39 is 10.0 Å². The van der Waals surface area contributed by atoms with Crippen LogP contribution in [0.15, 0.2) is 84.0 Å². The zero-order chi connectivity index (χ0) is 21.0. The fourth-order valence-electron chi connectivity index (χ4n) is 3.60. The number of hydrogen-bond donors (Lipinski definition) is 1. The van der Waals surface area contributed by atoms with Crippen molar-refractivity contribution in [1.29, 1.82) is 0 Å². The van der Waals surface area contributed by atoms with Crippen LogP contribution in [0.5, 0.6) is 0 Å². The third-order valence-corrected chi connectivity index (χ3v) is 7.01. The Morgan fingerprint density at radius 1 is 0.933 bits per heavy atom. The van der Waals surface area contributed by atoms with Gasteiger partial charge in [-0.1, -0.05) is 36.4 Å². The molecule has 2 heterocycles. The van der Waals surface area contributed by atoms with Crippen LogP contribution in [0, 0.1) is 0 Å². The van der Waals surface area contributed by atoms with E-state index in [2.05, 4.69) is 5.32 Å². The minimum atomic E-state index is -3.52. The summed E-state index contributed by atoms with van der Waals surface area (Å²) in [5.74, 6) is -0.221. The minimum absolute atomic E-state index is 0.129. The Kier molecular flexibility index (Phi) is 5.92. The van der Waals surface area contributed by atoms with Gasteiger partial charge in [0, 0.05) is 30.4 Å². The van der Waals surface area contributed by atoms with Gasteiger partial charge in [0.05, 0.1) is 4.90 Å². The molecule has 3 aromatic rings. The molecule has 154 valence electrons. The summed E-state index contributed by atoms with van der Waals surface area (Å²) < 4.78 is 28.8. The van der Waals surface area contributed by atoms with Gasteiger partial charge < -0.3 is 5.32 Å². The van der Waals surface area contributed by atoms with Gasteiger partial charge >= 0.3 is 0 Å². The lowest BCUT2D eigenvalue weighted by molar-refractivity contribution is -0.683. The molecule has 1 aromatic heterocycles. The second kappa shape index (κ2) is 8.77. The zero-order valence-electron chi connectivity index (χ0n) is 16.6. The highest BCUT2D eigenvalue weighted by Gasteiger charge is 2.27. The predicted molar refractivity (Wildman–Crippen MR) is 115 cm³/mol. The van der Waals surface area contributed by atoms with Crippen molar-refractivity contribution in [3.05, 3.63) is 79.1 Å². The molecular formula is C23H24N3O3S+. The van der Waals surface area contributed by atoms with E-state index >= 15 is 0 Å². The molecule has 0 atom stereocenters. The van der Waals surface area contributed by atoms with E-state index in [1.807, 2.05) is 59.4 Å². The number of nitrogens with zero attached hydrogens (tertiary/aromatic N) is 2. The molecule has 0 bridgehead atoms. The van der Waals surface area contributed by atoms with Gasteiger partial charge in [-0.05, 0) is 42.7 Å². The molecule has 1 aliphatic rings. The third-order valence-electron chi connectivity index (χ3n) is 5.11. The molecular weight excluding hydrogens is 398 g/mol. The van der Waals surface area contributed by atoms with Crippen LogP contribution in [0.3, 0.4) is 0 Å². The first kappa shape index (κ1) is 20.3. The van der Waals surface area contributed by atoms with Crippen molar-refractivity contribution in [3.63, 3.8) is 0 Å². The Labute approximate surface area is 176 Å². The van der Waals surface area contributed by atoms with Crippen molar-refractivity contribution in [2.45, 2.75) is 24.3 Å². The van der Waals surface area contributed by atoms with E-state index in [4.69, 9.17) is 0 Å². The summed E-state index contributed by atoms with van der Waals surface area (Å²) >= 11 is 0. The first-order valence-corrected chi connectivity index (χ1v) is 11.4. The minimum Gasteiger partial charge on any atom is -0.321 e. The van der Waals surface area contributed by atoms with Crippen LogP contribution < -0.4 is 9.88 Å². The summed E-state index contributed by atoms with van der Waals surface area (Å²) in [4.78, 5) is 12.8. The molecule has 1 fully saturated rings. The third kappa shape index (κ3) is 4.58. The molecule has 0 saturated carbocycles. The molecule has 1 aliphatic heterocycles. The first-order valence-electron chi connectivity index (χ1n) is 9.97. The fourth-order valence-corrected chi connectivity index (χ4v) is 5.16. The maximum atomic E-state index is 12.7. The van der Waals surface area contributed by atoms with Crippen molar-refractivity contribution in [2.24, 2.45) is 0 Å². The highest BCUT2D eigenvalue weighted by atomic mass is 32.2. The van der Waals surface area contributed by atoms with Gasteiger partial charge in [-0.15, -0.1) is 0 Å². The number of sulfonamides is 1. The van der Waals surface area contributed by atoms with E-state index in [-0.39, 0.29) is 17.3 Å². The Morgan fingerprint density at radius 2 is 1.67 bits per heavy atom. The Hall–Kier alpha value is -3.03. The number of carbonyl (C=O) groups excluding carboxylic acids is 1. The van der Waals surface area contributed by atoms with Crippen LogP contribution in [0.4, 0.5) is 5.69 Å². The molecule has 7 heteroatoms. The molecule has 0 radical (unpaired) electrons. The van der Waals surface area contributed by atoms with E-state index in [1.165, 1.54) is 10.4 Å². The van der Waals surface area contributed by atoms with Crippen molar-refractivity contribution >= 4 is 21.6 Å². The summed E-state index contributed by atoms with van der Waals surface area (Å²) in [7, 11) is -3.52. The number of rotatable bonds is 6. The highest BCUT2D eigenvalue weighted by molar-refractivity contribution is 7.89. The average molecular weight is 423 g/mol. The predicted octanol–water partition coefficient (Wildman–Crippen LogP) is 3.06. The number of amides is 1. The van der Waals surface area contributed by atoms with Gasteiger partial charge in [0.25, 0.3) is 5.91 Å². The summed E-state index contributed by atoms with van der Waals surface area (Å²) in [6.07, 6.45) is 5.52. The van der Waals surface area contributed by atoms with Crippen molar-refractivity contribution in [1.82, 2.24) is 4.31 Å². The number of benzene rings is 2. The summed E-state index contributed by atoms with van der Waals surface area (Å²) in [5, 5.41) is 2.81. The van der Waals surface area contributed by atoms with Crippen LogP contribution in [0.2, 0.25) is 0 Å². The highest BCUT2D eigenvalue weighted by Crippen LogP contribution is 2.23. The maximum Gasteiger partial charge on any atom is 0.290 e. The summed E-state index contributed by atoms with van der Waals surface area (Å²) in [5.41, 5.74) is 2.57. The number of hydrogen-bond acceptors (Lipinski definition) is 3. The SMILES string of the molecule is O=C(C[n+]1cccc(-c2ccccc2)c1)Nc1cccc(S(=O)(=O)N2CCCC2)c1. The lowest BCUT2D eigenvalue weighted by Gasteiger charge is -2.16. The average Bonchev–Trinajstić information content (AvgIpc) is 3.31. The van der Waals surface area contributed by atoms with E-state index in [1.54, 1.807) is 18.2 Å². The molecule has 4 rings (SSSR count). The van der Waals surface area contributed by atoms with Crippen molar-refractivity contribution in [3.8, 4) is 11.1 Å². The first-order chi connectivity index (χ1) is 14.5. The number of pyridine rings is 1. The van der Waals surface area contributed by atoms with Crippen LogP contribution >= 0.6 is 0 Å². The molecule has 1 N–H and O–H groups in total. The van der Waals surface area contributed by atoms with Gasteiger partial charge in [-0.2, -0.15) is 8.87 Å². The molecule has 6 nitrogen and oxygen atoms in total. The largest absolute Gasteiger partial charge is 0.321 e. The van der Waals surface area contributed by atoms with Gasteiger partial charge in [0.15, 0.2) is 12.4 Å². The van der Waals surface area contributed by atoms with Gasteiger partial charge in [-0.25, -0.2) is 8.42 Å². The molecule has 0 spiro atoms. The Balaban J connectivity index is 1.46. The molecule has 1 amide bonds. The van der Waals surface area contributed by atoms with Crippen molar-refractivity contribution < 1.29 is 17.8 Å². The smallest absolute Gasteiger partial charge is 0.290 e. The second-order valence-corrected chi connectivity index (χ2v) is 9.26. The van der Waals surface area contributed by atoms with E-state index in [0.29, 0.717) is 18.8 Å². The standard InChI is InChI=1S/C23H23N3O3S/c27-23(18-25-13-7-10-20(17-25)19-8-2-1-3-9-19)24-21-11-6-12-22(16-21)30(28,29)26-14-4-5-15-26/h1-3,6-13,16-17H,4-5,14-15,18H2/p+1. The Bertz CT molecular complexity index is 1140. The summed E-state index contributed by atoms with van der Waals surface area (Å²) in [6, 6.07) is 20.3. The lowest BCUT2D eigenvalue weighted by atomic mass is 10.1. The Morgan fingerprint density at radius 3 is 2.43 bits per heavy atom. The second-order valence-electron chi connectivity index (χ2n) is 7.32. The van der Waals surface area contributed by atoms with Gasteiger partial charge in [0.2, 0.25) is 16.6 Å². The molecule has 1 saturated heterocycles. The lowest BCUT2D eigenvalue weighted by Crippen LogP contribution is -2.39. The van der Waals surface area contributed by atoms with Crippen LogP contribution in [-0.2, 0) is 21.4 Å². The number of nitrogens with one attached hydrogen (secondary N) is 1. The van der Waals surface area contributed by atoms with E-state index in [9.17, 15) is 13.2 Å². The number of carbonyl (C=O) groups is 1.